The fraction of sp³-hybridized carbons (Fsp3) is 0.500. The average molecular weight is 602 g/mol. The molecule has 234 valence electrons. The highest BCUT2D eigenvalue weighted by Gasteiger charge is 2.29. The number of imide groups is 1. The molecule has 0 saturated carbocycles. The molecule has 0 saturated heterocycles. The van der Waals surface area contributed by atoms with Crippen LogP contribution >= 0.6 is 0 Å². The number of urea groups is 1. The maximum absolute atomic E-state index is 13.2. The monoisotopic (exact) mass is 601 g/mol. The maximum atomic E-state index is 13.2. The number of unbranched alkanes of at least 4 members (excludes halogenated alkanes) is 2. The molecule has 6 N–H and O–H groups in total. The van der Waals surface area contributed by atoms with Crippen LogP contribution in [0.5, 0.6) is 0 Å². The molecule has 15 heteroatoms. The Labute approximate surface area is 249 Å². The van der Waals surface area contributed by atoms with E-state index in [1.54, 1.807) is 38.1 Å². The van der Waals surface area contributed by atoms with Gasteiger partial charge in [0.05, 0.1) is 0 Å². The topological polar surface area (TPSA) is 218 Å². The average Bonchev–Trinajstić information content (AvgIpc) is 3.28. The number of primary amides is 1. The molecular formula is C28H39N7O8. The van der Waals surface area contributed by atoms with Gasteiger partial charge in [0.25, 0.3) is 11.8 Å². The highest BCUT2D eigenvalue weighted by atomic mass is 16.7. The third-order valence-electron chi connectivity index (χ3n) is 6.56. The lowest BCUT2D eigenvalue weighted by Gasteiger charge is -2.25. The first kappa shape index (κ1) is 34.4. The quantitative estimate of drug-likeness (QED) is 0.0673. The van der Waals surface area contributed by atoms with E-state index in [0.717, 1.165) is 4.90 Å². The molecule has 0 aliphatic carbocycles. The normalized spacial score (nSPS) is 13.8. The minimum atomic E-state index is -0.993. The van der Waals surface area contributed by atoms with Crippen LogP contribution in [0.2, 0.25) is 0 Å². The molecule has 2 unspecified atom stereocenters. The third-order valence-corrected chi connectivity index (χ3v) is 6.56. The van der Waals surface area contributed by atoms with Crippen LogP contribution < -0.4 is 27.0 Å². The zero-order valence-electron chi connectivity index (χ0n) is 24.3. The third kappa shape index (κ3) is 12.3. The van der Waals surface area contributed by atoms with Crippen LogP contribution in [0.1, 0.15) is 57.9 Å². The molecule has 43 heavy (non-hydrogen) atoms. The van der Waals surface area contributed by atoms with Crippen molar-refractivity contribution in [3.8, 4) is 0 Å². The number of amides is 7. The molecule has 7 amide bonds. The fourth-order valence-corrected chi connectivity index (χ4v) is 4.23. The van der Waals surface area contributed by atoms with E-state index in [9.17, 15) is 33.7 Å². The second-order valence-corrected chi connectivity index (χ2v) is 10.3. The van der Waals surface area contributed by atoms with Crippen molar-refractivity contribution < 1.29 is 33.6 Å². The minimum Gasteiger partial charge on any atom is -0.359 e. The van der Waals surface area contributed by atoms with Gasteiger partial charge < -0.3 is 31.8 Å². The van der Waals surface area contributed by atoms with Gasteiger partial charge in [0.1, 0.15) is 18.7 Å². The summed E-state index contributed by atoms with van der Waals surface area (Å²) in [5, 5.41) is 13.0. The van der Waals surface area contributed by atoms with Crippen molar-refractivity contribution in [2.45, 2.75) is 71.1 Å². The zero-order chi connectivity index (χ0) is 31.8. The van der Waals surface area contributed by atoms with Crippen LogP contribution in [0.15, 0.2) is 41.8 Å². The molecule has 1 aromatic rings. The number of hydrogen-bond acceptors (Lipinski definition) is 9. The number of benzene rings is 1. The molecule has 0 radical (unpaired) electrons. The Morgan fingerprint density at radius 3 is 2.21 bits per heavy atom. The summed E-state index contributed by atoms with van der Waals surface area (Å²) in [4.78, 5) is 89.0. The second kappa shape index (κ2) is 17.9. The van der Waals surface area contributed by atoms with Crippen molar-refractivity contribution in [1.29, 1.82) is 0 Å². The number of nitrogens with one attached hydrogen (secondary N) is 4. The van der Waals surface area contributed by atoms with Gasteiger partial charge in [-0.2, -0.15) is 0 Å². The number of carbonyl (C=O) groups excluding carboxylic acids is 6. The van der Waals surface area contributed by atoms with Crippen molar-refractivity contribution in [3.05, 3.63) is 46.9 Å². The van der Waals surface area contributed by atoms with Crippen molar-refractivity contribution in [2.24, 2.45) is 17.0 Å². The Balaban J connectivity index is 1.93. The molecule has 0 spiro atoms. The van der Waals surface area contributed by atoms with Gasteiger partial charge in [-0.05, 0) is 49.3 Å². The summed E-state index contributed by atoms with van der Waals surface area (Å²) >= 11 is 0. The van der Waals surface area contributed by atoms with E-state index in [-0.39, 0.29) is 56.2 Å². The number of nitrogens with zero attached hydrogens (tertiary/aromatic N) is 2. The van der Waals surface area contributed by atoms with E-state index in [0.29, 0.717) is 36.9 Å². The summed E-state index contributed by atoms with van der Waals surface area (Å²) in [7, 11) is 0. The Bertz CT molecular complexity index is 1170. The summed E-state index contributed by atoms with van der Waals surface area (Å²) in [5.74, 6) is -2.38. The summed E-state index contributed by atoms with van der Waals surface area (Å²) in [5.41, 5.74) is 6.19. The van der Waals surface area contributed by atoms with Crippen LogP contribution in [0.25, 0.3) is 0 Å². The van der Waals surface area contributed by atoms with Gasteiger partial charge in [0.15, 0.2) is 5.34 Å². The Kier molecular flexibility index (Phi) is 14.3. The SMILES string of the molecule is CC(C)C(NC(=O)CCCCCN1C(=O)C=CC1=O)C(=O)NC(CCCNC(N)=O)C(=O)Nc1ccc(CON=O)cc1. The Morgan fingerprint density at radius 2 is 1.60 bits per heavy atom. The molecule has 2 rings (SSSR count). The van der Waals surface area contributed by atoms with Gasteiger partial charge in [-0.15, -0.1) is 4.91 Å². The van der Waals surface area contributed by atoms with Gasteiger partial charge in [0, 0.05) is 37.3 Å². The first-order chi connectivity index (χ1) is 20.5. The van der Waals surface area contributed by atoms with Gasteiger partial charge >= 0.3 is 6.03 Å². The number of nitrogens with two attached hydrogens (primary N) is 1. The molecule has 0 aromatic heterocycles. The molecule has 1 heterocycles. The molecule has 1 aliphatic heterocycles. The van der Waals surface area contributed by atoms with Crippen molar-refractivity contribution >= 4 is 41.3 Å². The van der Waals surface area contributed by atoms with Crippen molar-refractivity contribution in [2.75, 3.05) is 18.4 Å². The molecule has 0 bridgehead atoms. The van der Waals surface area contributed by atoms with E-state index in [4.69, 9.17) is 5.73 Å². The number of carbonyl (C=O) groups is 6. The lowest BCUT2D eigenvalue weighted by atomic mass is 10.0. The van der Waals surface area contributed by atoms with E-state index >= 15 is 0 Å². The van der Waals surface area contributed by atoms with Crippen LogP contribution in [-0.2, 0) is 35.4 Å². The molecular weight excluding hydrogens is 562 g/mol. The number of anilines is 1. The summed E-state index contributed by atoms with van der Waals surface area (Å²) in [6.07, 6.45) is 4.75. The molecule has 1 aliphatic rings. The molecule has 1 aromatic carbocycles. The second-order valence-electron chi connectivity index (χ2n) is 10.3. The summed E-state index contributed by atoms with van der Waals surface area (Å²) in [6, 6.07) is 3.86. The highest BCUT2D eigenvalue weighted by Crippen LogP contribution is 2.13. The van der Waals surface area contributed by atoms with Crippen LogP contribution in [0, 0.1) is 10.8 Å². The van der Waals surface area contributed by atoms with E-state index in [1.165, 1.54) is 12.2 Å². The predicted octanol–water partition coefficient (Wildman–Crippen LogP) is 1.38. The van der Waals surface area contributed by atoms with Crippen molar-refractivity contribution in [1.82, 2.24) is 20.9 Å². The molecule has 15 nitrogen and oxygen atoms in total. The molecule has 2 atom stereocenters. The molecule has 0 fully saturated rings. The predicted molar refractivity (Wildman–Crippen MR) is 156 cm³/mol. The maximum Gasteiger partial charge on any atom is 0.312 e. The largest absolute Gasteiger partial charge is 0.359 e. The zero-order valence-corrected chi connectivity index (χ0v) is 24.3. The van der Waals surface area contributed by atoms with E-state index in [2.05, 4.69) is 31.4 Å². The first-order valence-electron chi connectivity index (χ1n) is 14.0. The Morgan fingerprint density at radius 1 is 0.930 bits per heavy atom. The van der Waals surface area contributed by atoms with E-state index in [1.807, 2.05) is 0 Å². The van der Waals surface area contributed by atoms with Gasteiger partial charge in [0.2, 0.25) is 17.7 Å². The summed E-state index contributed by atoms with van der Waals surface area (Å²) < 4.78 is 0. The van der Waals surface area contributed by atoms with Crippen LogP contribution in [-0.4, -0.2) is 65.6 Å². The number of rotatable bonds is 19. The number of hydrogen-bond donors (Lipinski definition) is 5. The van der Waals surface area contributed by atoms with Gasteiger partial charge in [-0.1, -0.05) is 32.4 Å². The lowest BCUT2D eigenvalue weighted by molar-refractivity contribution is -0.137. The standard InChI is InChI=1S/C28H39N7O8/c1-18(2)25(33-22(36)8-4-3-5-16-35-23(37)13-14-24(35)38)27(40)32-21(7-6-15-30-28(29)41)26(39)31-20-11-9-19(10-12-20)17-43-34-42/h9-14,18,21,25H,3-8,15-17H2,1-2H3,(H,31,39)(H,32,40)(H,33,36)(H3,29,30,41). The van der Waals surface area contributed by atoms with Gasteiger partial charge in [-0.25, -0.2) is 4.79 Å². The first-order valence-corrected chi connectivity index (χ1v) is 14.0. The fourth-order valence-electron chi connectivity index (χ4n) is 4.23. The Hall–Kier alpha value is -4.82. The van der Waals surface area contributed by atoms with Crippen LogP contribution in [0.4, 0.5) is 10.5 Å². The van der Waals surface area contributed by atoms with Crippen LogP contribution in [0.3, 0.4) is 0 Å². The smallest absolute Gasteiger partial charge is 0.312 e. The highest BCUT2D eigenvalue weighted by molar-refractivity contribution is 6.12. The minimum absolute atomic E-state index is 0.0239. The van der Waals surface area contributed by atoms with E-state index < -0.39 is 29.9 Å². The summed E-state index contributed by atoms with van der Waals surface area (Å²) in [6.45, 7) is 3.97. The van der Waals surface area contributed by atoms with Gasteiger partial charge in [-0.3, -0.25) is 28.9 Å². The lowest BCUT2D eigenvalue weighted by Crippen LogP contribution is -2.54. The van der Waals surface area contributed by atoms with Crippen molar-refractivity contribution in [3.63, 3.8) is 0 Å².